The van der Waals surface area contributed by atoms with Gasteiger partial charge in [-0.2, -0.15) is 0 Å². The molecule has 86 valence electrons. The first kappa shape index (κ1) is 11.7. The van der Waals surface area contributed by atoms with Crippen molar-refractivity contribution in [2.45, 2.75) is 0 Å². The van der Waals surface area contributed by atoms with E-state index in [2.05, 4.69) is 36.9 Å². The smallest absolute Gasteiger partial charge is 0.147 e. The Balaban J connectivity index is 2.58. The number of hydrogen-bond acceptors (Lipinski definition) is 4. The van der Waals surface area contributed by atoms with Gasteiger partial charge in [-0.1, -0.05) is 0 Å². The van der Waals surface area contributed by atoms with Crippen molar-refractivity contribution in [2.24, 2.45) is 4.99 Å². The van der Waals surface area contributed by atoms with Gasteiger partial charge in [-0.15, -0.1) is 0 Å². The van der Waals surface area contributed by atoms with Gasteiger partial charge in [-0.25, -0.2) is 0 Å². The summed E-state index contributed by atoms with van der Waals surface area (Å²) in [6.07, 6.45) is 0. The van der Waals surface area contributed by atoms with Crippen LogP contribution in [0.25, 0.3) is 0 Å². The first-order chi connectivity index (χ1) is 7.52. The van der Waals surface area contributed by atoms with E-state index in [9.17, 15) is 10.2 Å². The van der Waals surface area contributed by atoms with Gasteiger partial charge in [0.15, 0.2) is 0 Å². The molecule has 0 unspecified atom stereocenters. The van der Waals surface area contributed by atoms with E-state index in [-0.39, 0.29) is 16.0 Å². The van der Waals surface area contributed by atoms with E-state index in [1.165, 1.54) is 0 Å². The van der Waals surface area contributed by atoms with Crippen molar-refractivity contribution in [1.82, 2.24) is 4.90 Å². The molecule has 0 aliphatic carbocycles. The van der Waals surface area contributed by atoms with Crippen LogP contribution in [0.4, 0.5) is 0 Å². The Morgan fingerprint density at radius 1 is 1.31 bits per heavy atom. The molecule has 1 aromatic carbocycles. The predicted octanol–water partition coefficient (Wildman–Crippen LogP) is 2.31. The van der Waals surface area contributed by atoms with E-state index >= 15 is 0 Å². The monoisotopic (exact) mass is 348 g/mol. The maximum Gasteiger partial charge on any atom is 0.147 e. The van der Waals surface area contributed by atoms with E-state index in [4.69, 9.17) is 0 Å². The number of hydrogen-bond donors (Lipinski definition) is 2. The average Bonchev–Trinajstić information content (AvgIpc) is 2.67. The van der Waals surface area contributed by atoms with Crippen LogP contribution in [0.15, 0.2) is 20.0 Å². The Bertz CT molecular complexity index is 474. The van der Waals surface area contributed by atoms with Crippen LogP contribution >= 0.6 is 31.9 Å². The van der Waals surface area contributed by atoms with Gasteiger partial charge in [-0.05, 0) is 37.9 Å². The largest absolute Gasteiger partial charge is 0.506 e. The lowest BCUT2D eigenvalue weighted by Gasteiger charge is -2.16. The molecule has 1 heterocycles. The molecular formula is C10H10Br2N2O2. The maximum atomic E-state index is 9.95. The zero-order valence-corrected chi connectivity index (χ0v) is 11.7. The Morgan fingerprint density at radius 2 is 2.00 bits per heavy atom. The number of amidine groups is 1. The zero-order chi connectivity index (χ0) is 11.9. The van der Waals surface area contributed by atoms with Gasteiger partial charge in [0.05, 0.1) is 16.6 Å². The first-order valence-corrected chi connectivity index (χ1v) is 6.27. The van der Waals surface area contributed by atoms with Gasteiger partial charge in [0.2, 0.25) is 0 Å². The predicted molar refractivity (Wildman–Crippen MR) is 69.2 cm³/mol. The number of rotatable bonds is 1. The Kier molecular flexibility index (Phi) is 3.12. The van der Waals surface area contributed by atoms with Crippen molar-refractivity contribution in [3.8, 4) is 11.5 Å². The highest BCUT2D eigenvalue weighted by molar-refractivity contribution is 9.11. The van der Waals surface area contributed by atoms with Crippen LogP contribution in [0.5, 0.6) is 11.5 Å². The van der Waals surface area contributed by atoms with Gasteiger partial charge in [0.1, 0.15) is 21.8 Å². The van der Waals surface area contributed by atoms with Crippen LogP contribution in [0.2, 0.25) is 0 Å². The van der Waals surface area contributed by atoms with Crippen LogP contribution in [0.3, 0.4) is 0 Å². The molecule has 0 saturated heterocycles. The lowest BCUT2D eigenvalue weighted by atomic mass is 10.1. The lowest BCUT2D eigenvalue weighted by Crippen LogP contribution is -2.23. The van der Waals surface area contributed by atoms with Crippen molar-refractivity contribution in [3.05, 3.63) is 20.6 Å². The molecule has 0 aromatic heterocycles. The third kappa shape index (κ3) is 1.80. The van der Waals surface area contributed by atoms with E-state index in [1.807, 2.05) is 11.9 Å². The van der Waals surface area contributed by atoms with E-state index < -0.39 is 0 Å². The molecule has 2 rings (SSSR count). The molecule has 2 N–H and O–H groups in total. The summed E-state index contributed by atoms with van der Waals surface area (Å²) in [6, 6.07) is 1.66. The fourth-order valence-corrected chi connectivity index (χ4v) is 2.71. The van der Waals surface area contributed by atoms with E-state index in [1.54, 1.807) is 6.07 Å². The van der Waals surface area contributed by atoms with Crippen LogP contribution in [-0.2, 0) is 0 Å². The molecule has 1 aliphatic heterocycles. The number of phenolic OH excluding ortho intramolecular Hbond substituents is 2. The molecule has 0 bridgehead atoms. The molecular weight excluding hydrogens is 340 g/mol. The topological polar surface area (TPSA) is 56.1 Å². The van der Waals surface area contributed by atoms with Crippen molar-refractivity contribution in [2.75, 3.05) is 20.1 Å². The Labute approximate surface area is 110 Å². The van der Waals surface area contributed by atoms with Crippen molar-refractivity contribution < 1.29 is 10.2 Å². The molecule has 0 atom stereocenters. The standard InChI is InChI=1S/C10H10Br2N2O2/c1-14-3-2-13-10(14)5-4-6(11)9(16)7(12)8(5)15/h4,15-16H,2-3H2,1H3. The van der Waals surface area contributed by atoms with Gasteiger partial charge < -0.3 is 15.1 Å². The molecule has 4 nitrogen and oxygen atoms in total. The van der Waals surface area contributed by atoms with E-state index in [0.29, 0.717) is 10.0 Å². The summed E-state index contributed by atoms with van der Waals surface area (Å²) in [5.74, 6) is 0.731. The minimum absolute atomic E-state index is 0.00759. The second-order valence-corrected chi connectivity index (χ2v) is 5.19. The number of aliphatic imine (C=N–C) groups is 1. The molecule has 0 saturated carbocycles. The van der Waals surface area contributed by atoms with Gasteiger partial charge >= 0.3 is 0 Å². The second kappa shape index (κ2) is 4.25. The maximum absolute atomic E-state index is 9.95. The average molecular weight is 350 g/mol. The summed E-state index contributed by atoms with van der Waals surface area (Å²) in [5.41, 5.74) is 0.608. The summed E-state index contributed by atoms with van der Waals surface area (Å²) in [5, 5.41) is 19.6. The Hall–Kier alpha value is -0.750. The third-order valence-electron chi connectivity index (χ3n) is 2.47. The van der Waals surface area contributed by atoms with Crippen LogP contribution in [0.1, 0.15) is 5.56 Å². The molecule has 0 spiro atoms. The fraction of sp³-hybridized carbons (Fsp3) is 0.300. The fourth-order valence-electron chi connectivity index (χ4n) is 1.59. The normalized spacial score (nSPS) is 15.4. The molecule has 1 aromatic rings. The van der Waals surface area contributed by atoms with Crippen LogP contribution < -0.4 is 0 Å². The van der Waals surface area contributed by atoms with Gasteiger partial charge in [-0.3, -0.25) is 4.99 Å². The SMILES string of the molecule is CN1CCN=C1c1cc(Br)c(O)c(Br)c1O. The van der Waals surface area contributed by atoms with Gasteiger partial charge in [0.25, 0.3) is 0 Å². The number of aromatic hydroxyl groups is 2. The summed E-state index contributed by atoms with van der Waals surface area (Å²) in [7, 11) is 1.92. The number of likely N-dealkylation sites (N-methyl/N-ethyl adjacent to an activating group) is 1. The molecule has 16 heavy (non-hydrogen) atoms. The molecule has 0 fully saturated rings. The van der Waals surface area contributed by atoms with Crippen molar-refractivity contribution >= 4 is 37.7 Å². The lowest BCUT2D eigenvalue weighted by molar-refractivity contribution is 0.440. The third-order valence-corrected chi connectivity index (χ3v) is 3.82. The quantitative estimate of drug-likeness (QED) is 0.818. The Morgan fingerprint density at radius 3 is 2.56 bits per heavy atom. The summed E-state index contributed by atoms with van der Waals surface area (Å²) >= 11 is 6.38. The van der Waals surface area contributed by atoms with E-state index in [0.717, 1.165) is 18.9 Å². The van der Waals surface area contributed by atoms with Crippen LogP contribution in [-0.4, -0.2) is 41.1 Å². The number of benzene rings is 1. The summed E-state index contributed by atoms with van der Waals surface area (Å²) in [4.78, 5) is 6.28. The zero-order valence-electron chi connectivity index (χ0n) is 8.54. The minimum Gasteiger partial charge on any atom is -0.506 e. The van der Waals surface area contributed by atoms with Crippen LogP contribution in [0, 0.1) is 0 Å². The number of phenols is 2. The first-order valence-electron chi connectivity index (χ1n) is 4.68. The molecule has 0 radical (unpaired) electrons. The highest BCUT2D eigenvalue weighted by atomic mass is 79.9. The second-order valence-electron chi connectivity index (χ2n) is 3.54. The minimum atomic E-state index is -0.0116. The highest BCUT2D eigenvalue weighted by Crippen LogP contribution is 2.41. The highest BCUT2D eigenvalue weighted by Gasteiger charge is 2.22. The molecule has 0 amide bonds. The molecule has 1 aliphatic rings. The number of nitrogens with zero attached hydrogens (tertiary/aromatic N) is 2. The summed E-state index contributed by atoms with van der Waals surface area (Å²) < 4.78 is 0.801. The van der Waals surface area contributed by atoms with Crippen molar-refractivity contribution in [3.63, 3.8) is 0 Å². The van der Waals surface area contributed by atoms with Crippen molar-refractivity contribution in [1.29, 1.82) is 0 Å². The van der Waals surface area contributed by atoms with Gasteiger partial charge in [0, 0.05) is 13.6 Å². The number of halogens is 2. The summed E-state index contributed by atoms with van der Waals surface area (Å²) in [6.45, 7) is 1.56. The molecule has 6 heteroatoms.